The fourth-order valence-electron chi connectivity index (χ4n) is 2.43. The van der Waals surface area contributed by atoms with Crippen LogP contribution < -0.4 is 0 Å². The lowest BCUT2D eigenvalue weighted by atomic mass is 9.99. The predicted molar refractivity (Wildman–Crippen MR) is 88.6 cm³/mol. The molecule has 128 valence electrons. The van der Waals surface area contributed by atoms with Crippen LogP contribution in [0.5, 0.6) is 0 Å². The Bertz CT molecular complexity index is 578. The Balaban J connectivity index is 1.83. The number of nitrogens with zero attached hydrogens (tertiary/aromatic N) is 3. The highest BCUT2D eigenvalue weighted by Crippen LogP contribution is 2.21. The van der Waals surface area contributed by atoms with Crippen LogP contribution in [0.15, 0.2) is 17.4 Å². The third-order valence-corrected chi connectivity index (χ3v) is 5.01. The first-order chi connectivity index (χ1) is 10.7. The molecule has 1 atom stereocenters. The molecule has 0 saturated carbocycles. The first-order valence-corrected chi connectivity index (χ1v) is 9.22. The summed E-state index contributed by atoms with van der Waals surface area (Å²) in [7, 11) is -1.19. The molecule has 23 heavy (non-hydrogen) atoms. The van der Waals surface area contributed by atoms with Gasteiger partial charge in [-0.3, -0.25) is 4.21 Å². The molecule has 1 amide bonds. The Morgan fingerprint density at radius 3 is 2.61 bits per heavy atom. The molecule has 0 spiro atoms. The number of amides is 1. The monoisotopic (exact) mass is 339 g/mol. The number of rotatable bonds is 3. The van der Waals surface area contributed by atoms with Crippen LogP contribution in [0.3, 0.4) is 0 Å². The van der Waals surface area contributed by atoms with Crippen molar-refractivity contribution in [2.24, 2.45) is 5.92 Å². The van der Waals surface area contributed by atoms with Gasteiger partial charge in [-0.1, -0.05) is 0 Å². The summed E-state index contributed by atoms with van der Waals surface area (Å²) < 4.78 is 17.7. The van der Waals surface area contributed by atoms with Crippen LogP contribution in [0.4, 0.5) is 4.79 Å². The number of ether oxygens (including phenoxy) is 1. The molecule has 1 aromatic rings. The summed E-state index contributed by atoms with van der Waals surface area (Å²) in [5.41, 5.74) is 0.348. The van der Waals surface area contributed by atoms with Gasteiger partial charge in [-0.05, 0) is 52.5 Å². The van der Waals surface area contributed by atoms with E-state index >= 15 is 0 Å². The van der Waals surface area contributed by atoms with Crippen LogP contribution >= 0.6 is 0 Å². The number of likely N-dealkylation sites (tertiary alicyclic amines) is 1. The summed E-state index contributed by atoms with van der Waals surface area (Å²) in [6, 6.07) is 1.79. The Hall–Kier alpha value is -1.50. The molecule has 1 aliphatic heterocycles. The van der Waals surface area contributed by atoms with Crippen LogP contribution in [0.2, 0.25) is 0 Å². The SMILES string of the molecule is Cc1ccnc([S@@](=O)CC2CCN(C(=O)OC(C)(C)C)CC2)n1. The highest BCUT2D eigenvalue weighted by Gasteiger charge is 2.28. The number of piperidine rings is 1. The van der Waals surface area contributed by atoms with E-state index in [1.54, 1.807) is 17.2 Å². The first-order valence-electron chi connectivity index (χ1n) is 7.90. The molecule has 0 bridgehead atoms. The number of aryl methyl sites for hydroxylation is 1. The van der Waals surface area contributed by atoms with Crippen molar-refractivity contribution in [1.29, 1.82) is 0 Å². The summed E-state index contributed by atoms with van der Waals surface area (Å²) in [6.07, 6.45) is 3.04. The minimum absolute atomic E-state index is 0.265. The molecule has 2 heterocycles. The number of carbonyl (C=O) groups is 1. The van der Waals surface area contributed by atoms with Crippen molar-refractivity contribution in [2.75, 3.05) is 18.8 Å². The lowest BCUT2D eigenvalue weighted by molar-refractivity contribution is 0.0191. The summed E-state index contributed by atoms with van der Waals surface area (Å²) in [4.78, 5) is 22.1. The maximum atomic E-state index is 12.3. The molecule has 0 N–H and O–H groups in total. The van der Waals surface area contributed by atoms with Crippen molar-refractivity contribution in [2.45, 2.75) is 51.3 Å². The van der Waals surface area contributed by atoms with Crippen LogP contribution in [0.25, 0.3) is 0 Å². The van der Waals surface area contributed by atoms with E-state index in [2.05, 4.69) is 9.97 Å². The predicted octanol–water partition coefficient (Wildman–Crippen LogP) is 2.54. The number of aromatic nitrogens is 2. The van der Waals surface area contributed by atoms with Gasteiger partial charge in [0.05, 0.1) is 10.8 Å². The second-order valence-electron chi connectivity index (χ2n) is 6.90. The van der Waals surface area contributed by atoms with Gasteiger partial charge in [-0.15, -0.1) is 0 Å². The van der Waals surface area contributed by atoms with Gasteiger partial charge in [0.25, 0.3) is 0 Å². The fraction of sp³-hybridized carbons (Fsp3) is 0.688. The standard InChI is InChI=1S/C16H25N3O3S/c1-12-5-8-17-14(18-12)23(21)11-13-6-9-19(10-7-13)15(20)22-16(2,3)4/h5,8,13H,6-7,9-11H2,1-4H3/t23-/m0/s1. The van der Waals surface area contributed by atoms with E-state index in [9.17, 15) is 9.00 Å². The van der Waals surface area contributed by atoms with Crippen LogP contribution in [0.1, 0.15) is 39.3 Å². The molecule has 7 heteroatoms. The van der Waals surface area contributed by atoms with Gasteiger partial charge in [-0.2, -0.15) is 0 Å². The van der Waals surface area contributed by atoms with Crippen molar-refractivity contribution in [1.82, 2.24) is 14.9 Å². The number of hydrogen-bond acceptors (Lipinski definition) is 5. The molecule has 0 unspecified atom stereocenters. The third kappa shape index (κ3) is 5.57. The Labute approximate surface area is 140 Å². The first kappa shape index (κ1) is 17.8. The summed E-state index contributed by atoms with van der Waals surface area (Å²) >= 11 is 0. The zero-order valence-electron chi connectivity index (χ0n) is 14.2. The zero-order valence-corrected chi connectivity index (χ0v) is 15.1. The average Bonchev–Trinajstić information content (AvgIpc) is 2.46. The molecule has 0 aliphatic carbocycles. The molecule has 1 fully saturated rings. The highest BCUT2D eigenvalue weighted by atomic mass is 32.2. The van der Waals surface area contributed by atoms with Gasteiger partial charge in [0, 0.05) is 30.7 Å². The number of hydrogen-bond donors (Lipinski definition) is 0. The molecule has 6 nitrogen and oxygen atoms in total. The minimum atomic E-state index is -1.19. The molecule has 0 aromatic carbocycles. The van der Waals surface area contributed by atoms with E-state index in [-0.39, 0.29) is 6.09 Å². The lowest BCUT2D eigenvalue weighted by Crippen LogP contribution is -2.42. The maximum Gasteiger partial charge on any atom is 0.410 e. The fourth-order valence-corrected chi connectivity index (χ4v) is 3.77. The zero-order chi connectivity index (χ0) is 17.0. The molecule has 1 aliphatic rings. The van der Waals surface area contributed by atoms with Crippen molar-refractivity contribution in [3.8, 4) is 0 Å². The normalized spacial score (nSPS) is 17.8. The number of carbonyl (C=O) groups excluding carboxylic acids is 1. The smallest absolute Gasteiger partial charge is 0.410 e. The van der Waals surface area contributed by atoms with E-state index < -0.39 is 16.4 Å². The van der Waals surface area contributed by atoms with Crippen LogP contribution in [0, 0.1) is 12.8 Å². The Kier molecular flexibility index (Phi) is 5.73. The molecular formula is C16H25N3O3S. The van der Waals surface area contributed by atoms with E-state index in [1.165, 1.54) is 0 Å². The van der Waals surface area contributed by atoms with E-state index in [1.807, 2.05) is 27.7 Å². The van der Waals surface area contributed by atoms with Gasteiger partial charge in [0.1, 0.15) is 5.60 Å². The van der Waals surface area contributed by atoms with Gasteiger partial charge < -0.3 is 9.64 Å². The minimum Gasteiger partial charge on any atom is -0.444 e. The maximum absolute atomic E-state index is 12.3. The van der Waals surface area contributed by atoms with E-state index in [0.717, 1.165) is 18.5 Å². The third-order valence-electron chi connectivity index (χ3n) is 3.63. The molecule has 1 saturated heterocycles. The van der Waals surface area contributed by atoms with Crippen molar-refractivity contribution < 1.29 is 13.7 Å². The van der Waals surface area contributed by atoms with Gasteiger partial charge in [0.15, 0.2) is 0 Å². The van der Waals surface area contributed by atoms with Crippen LogP contribution in [-0.2, 0) is 15.5 Å². The van der Waals surface area contributed by atoms with Crippen molar-refractivity contribution in [3.05, 3.63) is 18.0 Å². The van der Waals surface area contributed by atoms with Crippen molar-refractivity contribution >= 4 is 16.9 Å². The second kappa shape index (κ2) is 7.38. The van der Waals surface area contributed by atoms with Gasteiger partial charge in [0.2, 0.25) is 5.16 Å². The molecule has 2 rings (SSSR count). The molecular weight excluding hydrogens is 314 g/mol. The Morgan fingerprint density at radius 2 is 2.04 bits per heavy atom. The summed E-state index contributed by atoms with van der Waals surface area (Å²) in [5, 5.41) is 0.402. The summed E-state index contributed by atoms with van der Waals surface area (Å²) in [5.74, 6) is 0.865. The Morgan fingerprint density at radius 1 is 1.39 bits per heavy atom. The van der Waals surface area contributed by atoms with Crippen LogP contribution in [-0.4, -0.2) is 49.6 Å². The van der Waals surface area contributed by atoms with E-state index in [0.29, 0.717) is 29.9 Å². The highest BCUT2D eigenvalue weighted by molar-refractivity contribution is 7.84. The quantitative estimate of drug-likeness (QED) is 0.791. The van der Waals surface area contributed by atoms with Gasteiger partial charge >= 0.3 is 6.09 Å². The topological polar surface area (TPSA) is 72.4 Å². The lowest BCUT2D eigenvalue weighted by Gasteiger charge is -2.33. The molecule has 0 radical (unpaired) electrons. The second-order valence-corrected chi connectivity index (χ2v) is 8.29. The van der Waals surface area contributed by atoms with Crippen molar-refractivity contribution in [3.63, 3.8) is 0 Å². The van der Waals surface area contributed by atoms with Gasteiger partial charge in [-0.25, -0.2) is 14.8 Å². The summed E-state index contributed by atoms with van der Waals surface area (Å²) in [6.45, 7) is 8.74. The van der Waals surface area contributed by atoms with E-state index in [4.69, 9.17) is 4.74 Å². The average molecular weight is 339 g/mol. The largest absolute Gasteiger partial charge is 0.444 e. The molecule has 1 aromatic heterocycles.